The highest BCUT2D eigenvalue weighted by Gasteiger charge is 2.36. The van der Waals surface area contributed by atoms with Gasteiger partial charge in [-0.25, -0.2) is 13.7 Å². The molecule has 3 atom stereocenters. The molecule has 1 amide bonds. The van der Waals surface area contributed by atoms with Crippen molar-refractivity contribution >= 4 is 17.1 Å². The number of carbonyl (C=O) groups excluding carboxylic acids is 1. The van der Waals surface area contributed by atoms with Gasteiger partial charge in [0.15, 0.2) is 0 Å². The number of nitrogens with one attached hydrogen (secondary N) is 1. The van der Waals surface area contributed by atoms with Crippen LogP contribution in [-0.2, 0) is 20.5 Å². The average Bonchev–Trinajstić information content (AvgIpc) is 2.58. The van der Waals surface area contributed by atoms with E-state index in [4.69, 9.17) is 9.47 Å². The molecule has 2 rings (SSSR count). The van der Waals surface area contributed by atoms with E-state index < -0.39 is 27.4 Å². The molecule has 8 heteroatoms. The highest BCUT2D eigenvalue weighted by atomic mass is 32.2. The van der Waals surface area contributed by atoms with Gasteiger partial charge in [-0.3, -0.25) is 4.98 Å². The van der Waals surface area contributed by atoms with E-state index in [1.165, 1.54) is 0 Å². The molecule has 1 N–H and O–H groups in total. The number of amides is 1. The number of hydrogen-bond donors (Lipinski definition) is 1. The molecule has 0 saturated carbocycles. The molecule has 0 bridgehead atoms. The van der Waals surface area contributed by atoms with Crippen molar-refractivity contribution in [1.82, 2.24) is 14.6 Å². The van der Waals surface area contributed by atoms with Crippen LogP contribution in [0.4, 0.5) is 4.79 Å². The van der Waals surface area contributed by atoms with Gasteiger partial charge in [0.25, 0.3) is 0 Å². The summed E-state index contributed by atoms with van der Waals surface area (Å²) < 4.78 is 27.0. The first-order valence-electron chi connectivity index (χ1n) is 9.57. The number of aryl methyl sites for hydroxylation is 1. The highest BCUT2D eigenvalue weighted by Crippen LogP contribution is 2.25. The Bertz CT molecular complexity index is 695. The van der Waals surface area contributed by atoms with E-state index in [-0.39, 0.29) is 12.2 Å². The van der Waals surface area contributed by atoms with Gasteiger partial charge in [-0.15, -0.1) is 0 Å². The molecule has 1 aliphatic heterocycles. The predicted molar refractivity (Wildman–Crippen MR) is 110 cm³/mol. The van der Waals surface area contributed by atoms with E-state index in [0.29, 0.717) is 19.7 Å². The zero-order valence-electron chi connectivity index (χ0n) is 17.9. The fraction of sp³-hybridized carbons (Fsp3) is 0.700. The summed E-state index contributed by atoms with van der Waals surface area (Å²) >= 11 is 0. The van der Waals surface area contributed by atoms with Gasteiger partial charge in [-0.2, -0.15) is 0 Å². The van der Waals surface area contributed by atoms with Crippen molar-refractivity contribution < 1.29 is 18.5 Å². The molecule has 1 fully saturated rings. The first kappa shape index (κ1) is 22.8. The molecule has 1 saturated heterocycles. The van der Waals surface area contributed by atoms with Gasteiger partial charge >= 0.3 is 6.09 Å². The van der Waals surface area contributed by atoms with Gasteiger partial charge in [0.1, 0.15) is 5.60 Å². The second-order valence-electron chi connectivity index (χ2n) is 9.07. The molecule has 1 aromatic rings. The second-order valence-corrected chi connectivity index (χ2v) is 11.1. The van der Waals surface area contributed by atoms with Crippen LogP contribution in [0.5, 0.6) is 0 Å². The predicted octanol–water partition coefficient (Wildman–Crippen LogP) is 3.12. The van der Waals surface area contributed by atoms with Crippen molar-refractivity contribution in [3.8, 4) is 0 Å². The number of pyridine rings is 1. The minimum Gasteiger partial charge on any atom is -0.444 e. The number of hydrogen-bond acceptors (Lipinski definition) is 5. The molecule has 0 spiro atoms. The number of ether oxygens (including phenoxy) is 2. The van der Waals surface area contributed by atoms with Crippen LogP contribution in [-0.4, -0.2) is 56.3 Å². The zero-order valence-corrected chi connectivity index (χ0v) is 18.8. The van der Waals surface area contributed by atoms with Crippen molar-refractivity contribution in [3.05, 3.63) is 29.6 Å². The average molecular weight is 412 g/mol. The Hall–Kier alpha value is -1.51. The van der Waals surface area contributed by atoms with E-state index in [2.05, 4.69) is 9.71 Å². The fourth-order valence-electron chi connectivity index (χ4n) is 2.65. The summed E-state index contributed by atoms with van der Waals surface area (Å²) in [5.74, 6) is 0. The van der Waals surface area contributed by atoms with Crippen LogP contribution < -0.4 is 4.72 Å². The Labute approximate surface area is 170 Å². The van der Waals surface area contributed by atoms with Gasteiger partial charge in [-0.1, -0.05) is 6.07 Å². The van der Waals surface area contributed by atoms with E-state index in [0.717, 1.165) is 11.3 Å². The molecule has 2 heterocycles. The number of rotatable bonds is 4. The zero-order chi connectivity index (χ0) is 21.1. The Morgan fingerprint density at radius 1 is 1.32 bits per heavy atom. The first-order valence-corrected chi connectivity index (χ1v) is 10.7. The summed E-state index contributed by atoms with van der Waals surface area (Å²) in [7, 11) is -1.32. The van der Waals surface area contributed by atoms with Crippen LogP contribution in [0.15, 0.2) is 18.3 Å². The summed E-state index contributed by atoms with van der Waals surface area (Å²) in [5.41, 5.74) is 1.22. The topological polar surface area (TPSA) is 80.8 Å². The fourth-order valence-corrected chi connectivity index (χ4v) is 3.51. The highest BCUT2D eigenvalue weighted by molar-refractivity contribution is 7.84. The molecular formula is C20H33N3O4S. The van der Waals surface area contributed by atoms with Crippen LogP contribution in [0, 0.1) is 6.92 Å². The molecule has 28 heavy (non-hydrogen) atoms. The molecule has 0 aliphatic carbocycles. The Balaban J connectivity index is 2.23. The van der Waals surface area contributed by atoms with Crippen molar-refractivity contribution in [2.24, 2.45) is 0 Å². The Morgan fingerprint density at radius 2 is 2.00 bits per heavy atom. The van der Waals surface area contributed by atoms with Crippen LogP contribution in [0.2, 0.25) is 0 Å². The van der Waals surface area contributed by atoms with Crippen LogP contribution in [0.1, 0.15) is 58.8 Å². The van der Waals surface area contributed by atoms with E-state index in [9.17, 15) is 9.00 Å². The van der Waals surface area contributed by atoms with Gasteiger partial charge in [0, 0.05) is 12.7 Å². The molecule has 1 aromatic heterocycles. The minimum absolute atomic E-state index is 0.337. The van der Waals surface area contributed by atoms with Crippen LogP contribution >= 0.6 is 0 Å². The largest absolute Gasteiger partial charge is 0.444 e. The third-order valence-corrected chi connectivity index (χ3v) is 5.74. The lowest BCUT2D eigenvalue weighted by atomic mass is 10.1. The van der Waals surface area contributed by atoms with Gasteiger partial charge < -0.3 is 14.4 Å². The normalized spacial score (nSPS) is 20.5. The summed E-state index contributed by atoms with van der Waals surface area (Å²) in [6, 6.07) is 3.46. The first-order chi connectivity index (χ1) is 12.9. The smallest absolute Gasteiger partial charge is 0.410 e. The maximum absolute atomic E-state index is 12.8. The molecule has 158 valence electrons. The third kappa shape index (κ3) is 6.53. The van der Waals surface area contributed by atoms with E-state index >= 15 is 0 Å². The second kappa shape index (κ2) is 8.88. The van der Waals surface area contributed by atoms with E-state index in [1.54, 1.807) is 11.1 Å². The van der Waals surface area contributed by atoms with Crippen LogP contribution in [0.3, 0.4) is 0 Å². The minimum atomic E-state index is -1.32. The standard InChI is InChI=1S/C20H33N3O4S/c1-14-8-9-15(21-12-14)17(22-28(25)20(5,6)7)16-13-23(10-11-26-16)18(24)27-19(2,3)4/h8-9,12,16-17,22H,10-11,13H2,1-7H3/t16-,17?,28+/m0/s1. The lowest BCUT2D eigenvalue weighted by Gasteiger charge is -2.38. The van der Waals surface area contributed by atoms with Crippen molar-refractivity contribution in [2.45, 2.75) is 71.0 Å². The number of nitrogens with zero attached hydrogens (tertiary/aromatic N) is 2. The molecule has 1 unspecified atom stereocenters. The number of carbonyl (C=O) groups is 1. The maximum atomic E-state index is 12.8. The summed E-state index contributed by atoms with van der Waals surface area (Å²) in [6.45, 7) is 14.4. The van der Waals surface area contributed by atoms with Gasteiger partial charge in [0.05, 0.1) is 46.7 Å². The molecular weight excluding hydrogens is 378 g/mol. The SMILES string of the molecule is Cc1ccc(C(N[S@](=O)C(C)(C)C)[C@@H]2CN(C(=O)OC(C)(C)C)CCO2)nc1. The maximum Gasteiger partial charge on any atom is 0.410 e. The van der Waals surface area contributed by atoms with E-state index in [1.807, 2.05) is 60.6 Å². The summed E-state index contributed by atoms with van der Waals surface area (Å²) in [4.78, 5) is 18.6. The third-order valence-electron chi connectivity index (χ3n) is 4.16. The molecule has 0 radical (unpaired) electrons. The summed E-state index contributed by atoms with van der Waals surface area (Å²) in [6.07, 6.45) is 1.02. The monoisotopic (exact) mass is 411 g/mol. The Kier molecular flexibility index (Phi) is 7.22. The molecule has 7 nitrogen and oxygen atoms in total. The quantitative estimate of drug-likeness (QED) is 0.823. The van der Waals surface area contributed by atoms with Crippen molar-refractivity contribution in [2.75, 3.05) is 19.7 Å². The van der Waals surface area contributed by atoms with Gasteiger partial charge in [-0.05, 0) is 60.1 Å². The number of aromatic nitrogens is 1. The molecule has 1 aliphatic rings. The van der Waals surface area contributed by atoms with Gasteiger partial charge in [0.2, 0.25) is 0 Å². The van der Waals surface area contributed by atoms with Crippen molar-refractivity contribution in [1.29, 1.82) is 0 Å². The van der Waals surface area contributed by atoms with Crippen LogP contribution in [0.25, 0.3) is 0 Å². The Morgan fingerprint density at radius 3 is 2.54 bits per heavy atom. The van der Waals surface area contributed by atoms with Crippen molar-refractivity contribution in [3.63, 3.8) is 0 Å². The number of morpholine rings is 1. The lowest BCUT2D eigenvalue weighted by molar-refractivity contribution is -0.0531. The molecule has 0 aromatic carbocycles. The lowest BCUT2D eigenvalue weighted by Crippen LogP contribution is -2.52. The summed E-state index contributed by atoms with van der Waals surface area (Å²) in [5, 5.41) is 0.